The van der Waals surface area contributed by atoms with E-state index in [2.05, 4.69) is 14.9 Å². The lowest BCUT2D eigenvalue weighted by molar-refractivity contribution is 0.173. The van der Waals surface area contributed by atoms with E-state index in [1.165, 1.54) is 18.2 Å². The van der Waals surface area contributed by atoms with Crippen molar-refractivity contribution in [2.75, 3.05) is 26.2 Å². The van der Waals surface area contributed by atoms with Crippen molar-refractivity contribution >= 4 is 43.6 Å². The molecule has 7 heteroatoms. The molecule has 1 aliphatic rings. The Bertz CT molecular complexity index is 1470. The molecule has 0 bridgehead atoms. The normalized spacial score (nSPS) is 17.4. The molecule has 5 nitrogen and oxygen atoms in total. The number of nitrogens with zero attached hydrogens (tertiary/aromatic N) is 1. The summed E-state index contributed by atoms with van der Waals surface area (Å²) < 4.78 is 35.0. The van der Waals surface area contributed by atoms with Crippen LogP contribution in [0.4, 0.5) is 8.78 Å². The van der Waals surface area contributed by atoms with Crippen LogP contribution < -0.4 is 4.74 Å². The van der Waals surface area contributed by atoms with E-state index in [0.717, 1.165) is 53.3 Å². The van der Waals surface area contributed by atoms with Gasteiger partial charge in [-0.3, -0.25) is 0 Å². The molecule has 1 aliphatic heterocycles. The lowest BCUT2D eigenvalue weighted by Gasteiger charge is -2.15. The van der Waals surface area contributed by atoms with E-state index in [1.54, 1.807) is 12.1 Å². The number of nitrogens with one attached hydrogen (secondary N) is 2. The van der Waals surface area contributed by atoms with E-state index in [-0.39, 0.29) is 17.7 Å². The summed E-state index contributed by atoms with van der Waals surface area (Å²) in [6.07, 6.45) is 1.37. The summed E-state index contributed by atoms with van der Waals surface area (Å²) in [5.41, 5.74) is 2.98. The number of β-amino-alcohol motifs (C(OH)–C–C–N with tert-alkyl or cyclic N) is 1. The van der Waals surface area contributed by atoms with E-state index in [1.807, 2.05) is 12.1 Å². The number of aliphatic hydroxyl groups is 1. The number of ether oxygens (including phenoxy) is 1. The van der Waals surface area contributed by atoms with Crippen LogP contribution in [-0.2, 0) is 0 Å². The second kappa shape index (κ2) is 7.46. The lowest BCUT2D eigenvalue weighted by atomic mass is 10.1. The standard InChI is InChI=1S/C25H23F2N3O2/c26-14-5-6-20-16(11-14)17-12-18-22-19(27)3-1-4-21(22)29-24(18)25(23(17)28-20)32-10-2-8-30-9-7-15(31)13-30/h1,3-6,11-12,15,28-29,31H,2,7-10,13H2. The Labute approximate surface area is 182 Å². The van der Waals surface area contributed by atoms with Crippen LogP contribution in [0.3, 0.4) is 0 Å². The zero-order valence-electron chi connectivity index (χ0n) is 17.4. The van der Waals surface area contributed by atoms with Gasteiger partial charge in [-0.1, -0.05) is 6.07 Å². The average molecular weight is 435 g/mol. The molecule has 6 rings (SSSR count). The number of hydrogen-bond donors (Lipinski definition) is 3. The molecule has 32 heavy (non-hydrogen) atoms. The smallest absolute Gasteiger partial charge is 0.167 e. The Hall–Kier alpha value is -3.16. The van der Waals surface area contributed by atoms with E-state index < -0.39 is 0 Å². The van der Waals surface area contributed by atoms with E-state index in [4.69, 9.17) is 4.74 Å². The molecule has 0 aliphatic carbocycles. The highest BCUT2D eigenvalue weighted by Crippen LogP contribution is 2.41. The fourth-order valence-corrected chi connectivity index (χ4v) is 4.96. The molecule has 5 aromatic rings. The molecule has 2 aromatic heterocycles. The second-order valence-corrected chi connectivity index (χ2v) is 8.60. The first kappa shape index (κ1) is 19.5. The first-order valence-corrected chi connectivity index (χ1v) is 11.0. The van der Waals surface area contributed by atoms with Crippen LogP contribution in [0.2, 0.25) is 0 Å². The number of benzene rings is 3. The van der Waals surface area contributed by atoms with Crippen molar-refractivity contribution in [3.63, 3.8) is 0 Å². The summed E-state index contributed by atoms with van der Waals surface area (Å²) in [6, 6.07) is 11.5. The summed E-state index contributed by atoms with van der Waals surface area (Å²) in [6.45, 7) is 2.92. The predicted molar refractivity (Wildman–Crippen MR) is 122 cm³/mol. The fraction of sp³-hybridized carbons (Fsp3) is 0.280. The topological polar surface area (TPSA) is 64.3 Å². The van der Waals surface area contributed by atoms with Gasteiger partial charge in [0.15, 0.2) is 5.75 Å². The van der Waals surface area contributed by atoms with Crippen molar-refractivity contribution in [1.29, 1.82) is 0 Å². The monoisotopic (exact) mass is 435 g/mol. The third kappa shape index (κ3) is 3.12. The maximum absolute atomic E-state index is 14.7. The second-order valence-electron chi connectivity index (χ2n) is 8.60. The molecule has 1 saturated heterocycles. The van der Waals surface area contributed by atoms with Gasteiger partial charge >= 0.3 is 0 Å². The third-order valence-corrected chi connectivity index (χ3v) is 6.47. The SMILES string of the molecule is OC1CCN(CCCOc2c3[nH]c4ccc(F)cc4c3cc3c2[nH]c2cccc(F)c23)C1. The summed E-state index contributed by atoms with van der Waals surface area (Å²) in [5, 5.41) is 12.5. The van der Waals surface area contributed by atoms with Gasteiger partial charge in [0, 0.05) is 52.2 Å². The van der Waals surface area contributed by atoms with Gasteiger partial charge in [-0.15, -0.1) is 0 Å². The molecule has 3 heterocycles. The number of aliphatic hydroxyl groups excluding tert-OH is 1. The highest BCUT2D eigenvalue weighted by molar-refractivity contribution is 6.20. The molecule has 1 atom stereocenters. The quantitative estimate of drug-likeness (QED) is 0.338. The first-order valence-electron chi connectivity index (χ1n) is 11.0. The van der Waals surface area contributed by atoms with Crippen LogP contribution in [0.15, 0.2) is 42.5 Å². The first-order chi connectivity index (χ1) is 15.6. The van der Waals surface area contributed by atoms with Gasteiger partial charge < -0.3 is 24.7 Å². The molecule has 1 unspecified atom stereocenters. The summed E-state index contributed by atoms with van der Waals surface area (Å²) >= 11 is 0. The van der Waals surface area contributed by atoms with Crippen LogP contribution >= 0.6 is 0 Å². The molecule has 3 N–H and O–H groups in total. The van der Waals surface area contributed by atoms with Crippen molar-refractivity contribution in [2.45, 2.75) is 18.9 Å². The minimum atomic E-state index is -0.320. The largest absolute Gasteiger partial charge is 0.489 e. The van der Waals surface area contributed by atoms with Gasteiger partial charge in [0.25, 0.3) is 0 Å². The molecule has 0 spiro atoms. The van der Waals surface area contributed by atoms with Crippen LogP contribution in [0, 0.1) is 11.6 Å². The summed E-state index contributed by atoms with van der Waals surface area (Å²) in [4.78, 5) is 8.91. The molecule has 3 aromatic carbocycles. The highest BCUT2D eigenvalue weighted by Gasteiger charge is 2.21. The summed E-state index contributed by atoms with van der Waals surface area (Å²) in [5.74, 6) is -0.0114. The number of fused-ring (bicyclic) bond motifs is 6. The fourth-order valence-electron chi connectivity index (χ4n) is 4.96. The van der Waals surface area contributed by atoms with Crippen LogP contribution in [0.5, 0.6) is 5.75 Å². The Morgan fingerprint density at radius 3 is 2.69 bits per heavy atom. The van der Waals surface area contributed by atoms with Gasteiger partial charge in [0.05, 0.1) is 23.7 Å². The zero-order chi connectivity index (χ0) is 21.8. The molecule has 164 valence electrons. The van der Waals surface area contributed by atoms with Gasteiger partial charge in [0.2, 0.25) is 0 Å². The van der Waals surface area contributed by atoms with Crippen molar-refractivity contribution in [2.24, 2.45) is 0 Å². The number of rotatable bonds is 5. The van der Waals surface area contributed by atoms with Gasteiger partial charge in [-0.05, 0) is 49.2 Å². The Morgan fingerprint density at radius 1 is 1.00 bits per heavy atom. The van der Waals surface area contributed by atoms with Gasteiger partial charge in [-0.2, -0.15) is 0 Å². The maximum atomic E-state index is 14.7. The van der Waals surface area contributed by atoms with Crippen LogP contribution in [0.25, 0.3) is 43.6 Å². The van der Waals surface area contributed by atoms with E-state index in [9.17, 15) is 13.9 Å². The maximum Gasteiger partial charge on any atom is 0.167 e. The highest BCUT2D eigenvalue weighted by atomic mass is 19.1. The van der Waals surface area contributed by atoms with Crippen molar-refractivity contribution < 1.29 is 18.6 Å². The molecular formula is C25H23F2N3O2. The average Bonchev–Trinajstić information content (AvgIpc) is 3.46. The number of H-pyrrole nitrogens is 2. The minimum Gasteiger partial charge on any atom is -0.489 e. The van der Waals surface area contributed by atoms with Crippen molar-refractivity contribution in [3.05, 3.63) is 54.1 Å². The van der Waals surface area contributed by atoms with Gasteiger partial charge in [-0.25, -0.2) is 8.78 Å². The number of hydrogen-bond acceptors (Lipinski definition) is 3. The van der Waals surface area contributed by atoms with E-state index in [0.29, 0.717) is 35.2 Å². The Morgan fingerprint density at radius 2 is 1.84 bits per heavy atom. The predicted octanol–water partition coefficient (Wildman–Crippen LogP) is 5.07. The Balaban J connectivity index is 1.46. The molecule has 0 amide bonds. The molecule has 0 saturated carbocycles. The zero-order valence-corrected chi connectivity index (χ0v) is 17.4. The van der Waals surface area contributed by atoms with Crippen LogP contribution in [0.1, 0.15) is 12.8 Å². The minimum absolute atomic E-state index is 0.239. The third-order valence-electron chi connectivity index (χ3n) is 6.47. The van der Waals surface area contributed by atoms with Crippen LogP contribution in [-0.4, -0.2) is 52.3 Å². The number of halogens is 2. The molecule has 1 fully saturated rings. The number of aromatic amines is 2. The van der Waals surface area contributed by atoms with Crippen molar-refractivity contribution in [1.82, 2.24) is 14.9 Å². The molecule has 0 radical (unpaired) electrons. The van der Waals surface area contributed by atoms with E-state index >= 15 is 0 Å². The number of likely N-dealkylation sites (tertiary alicyclic amines) is 1. The summed E-state index contributed by atoms with van der Waals surface area (Å²) in [7, 11) is 0. The van der Waals surface area contributed by atoms with Gasteiger partial charge in [0.1, 0.15) is 11.6 Å². The molecular weight excluding hydrogens is 412 g/mol. The van der Waals surface area contributed by atoms with Crippen molar-refractivity contribution in [3.8, 4) is 5.75 Å². The number of aromatic nitrogens is 2. The lowest BCUT2D eigenvalue weighted by Crippen LogP contribution is -2.24. The Kier molecular flexibility index (Phi) is 4.55.